The molecule has 0 fully saturated rings. The topological polar surface area (TPSA) is 108 Å². The van der Waals surface area contributed by atoms with Gasteiger partial charge in [0.2, 0.25) is 5.95 Å². The molecular weight excluding hydrogens is 458 g/mol. The van der Waals surface area contributed by atoms with E-state index in [9.17, 15) is 13.7 Å². The van der Waals surface area contributed by atoms with Crippen LogP contribution in [-0.4, -0.2) is 18.4 Å². The Balaban J connectivity index is 1.84. The molecule has 7 nitrogen and oxygen atoms in total. The van der Waals surface area contributed by atoms with Gasteiger partial charge in [-0.3, -0.25) is 0 Å². The van der Waals surface area contributed by atoms with E-state index in [-0.39, 0.29) is 22.2 Å². The van der Waals surface area contributed by atoms with E-state index < -0.39 is 10.0 Å². The molecule has 0 amide bonds. The van der Waals surface area contributed by atoms with Gasteiger partial charge in [0.1, 0.15) is 11.6 Å². The fourth-order valence-electron chi connectivity index (χ4n) is 3.07. The van der Waals surface area contributed by atoms with Crippen LogP contribution in [0.25, 0.3) is 11.3 Å². The number of nitriles is 1. The second-order valence-electron chi connectivity index (χ2n) is 7.15. The second kappa shape index (κ2) is 9.28. The average Bonchev–Trinajstić information content (AvgIpc) is 2.81. The van der Waals surface area contributed by atoms with Gasteiger partial charge in [0.25, 0.3) is 10.0 Å². The molecule has 0 aliphatic carbocycles. The normalized spacial score (nSPS) is 10.9. The number of nitrogens with zero attached hydrogens (tertiary/aromatic N) is 3. The van der Waals surface area contributed by atoms with Gasteiger partial charge in [0.05, 0.1) is 10.6 Å². The van der Waals surface area contributed by atoms with Gasteiger partial charge in [0.15, 0.2) is 5.82 Å². The molecule has 0 unspecified atom stereocenters. The molecule has 0 aliphatic heterocycles. The van der Waals surface area contributed by atoms with Crippen molar-refractivity contribution >= 4 is 39.1 Å². The number of rotatable bonds is 6. The van der Waals surface area contributed by atoms with E-state index in [1.54, 1.807) is 42.5 Å². The zero-order chi connectivity index (χ0) is 23.4. The van der Waals surface area contributed by atoms with Crippen molar-refractivity contribution in [2.24, 2.45) is 0 Å². The molecule has 9 heteroatoms. The number of aryl methyl sites for hydroxylation is 1. The highest BCUT2D eigenvalue weighted by atomic mass is 35.5. The van der Waals surface area contributed by atoms with Gasteiger partial charge in [0, 0.05) is 16.3 Å². The maximum atomic E-state index is 12.9. The molecule has 164 valence electrons. The van der Waals surface area contributed by atoms with Crippen LogP contribution >= 0.6 is 11.6 Å². The first kappa shape index (κ1) is 22.3. The minimum Gasteiger partial charge on any atom is -0.339 e. The Morgan fingerprint density at radius 1 is 0.909 bits per heavy atom. The maximum Gasteiger partial charge on any atom is 0.264 e. The molecule has 0 bridgehead atoms. The minimum atomic E-state index is -3.94. The van der Waals surface area contributed by atoms with Crippen molar-refractivity contribution in [3.05, 3.63) is 95.0 Å². The third kappa shape index (κ3) is 5.12. The molecule has 1 aromatic heterocycles. The second-order valence-corrected chi connectivity index (χ2v) is 9.27. The van der Waals surface area contributed by atoms with Gasteiger partial charge in [-0.25, -0.2) is 18.1 Å². The third-order valence-electron chi connectivity index (χ3n) is 4.73. The van der Waals surface area contributed by atoms with Crippen molar-refractivity contribution in [1.82, 2.24) is 9.97 Å². The molecular formula is C24H18ClN5O2S. The lowest BCUT2D eigenvalue weighted by Crippen LogP contribution is -2.16. The summed E-state index contributed by atoms with van der Waals surface area (Å²) in [7, 11) is -3.94. The van der Waals surface area contributed by atoms with Gasteiger partial charge in [-0.2, -0.15) is 10.2 Å². The molecule has 0 saturated carbocycles. The molecule has 2 N–H and O–H groups in total. The lowest BCUT2D eigenvalue weighted by molar-refractivity contribution is 0.601. The van der Waals surface area contributed by atoms with Crippen LogP contribution in [0.1, 0.15) is 11.1 Å². The number of nitrogens with one attached hydrogen (secondary N) is 2. The zero-order valence-corrected chi connectivity index (χ0v) is 19.0. The van der Waals surface area contributed by atoms with E-state index in [1.165, 1.54) is 12.1 Å². The lowest BCUT2D eigenvalue weighted by Gasteiger charge is -2.14. The molecule has 3 aromatic carbocycles. The first-order valence-electron chi connectivity index (χ1n) is 9.85. The van der Waals surface area contributed by atoms with E-state index in [4.69, 9.17) is 11.6 Å². The predicted octanol–water partition coefficient (Wildman–Crippen LogP) is 5.52. The van der Waals surface area contributed by atoms with Crippen LogP contribution in [0, 0.1) is 18.3 Å². The molecule has 0 atom stereocenters. The zero-order valence-electron chi connectivity index (χ0n) is 17.4. The summed E-state index contributed by atoms with van der Waals surface area (Å²) in [5.74, 6) is 0.000973. The Labute approximate surface area is 196 Å². The van der Waals surface area contributed by atoms with Crippen molar-refractivity contribution in [1.29, 1.82) is 5.26 Å². The van der Waals surface area contributed by atoms with Gasteiger partial charge in [-0.05, 0) is 43.3 Å². The molecule has 0 radical (unpaired) electrons. The van der Waals surface area contributed by atoms with Crippen LogP contribution in [-0.2, 0) is 10.0 Å². The number of anilines is 3. The summed E-state index contributed by atoms with van der Waals surface area (Å²) < 4.78 is 28.2. The largest absolute Gasteiger partial charge is 0.339 e. The standard InChI is InChI=1S/C24H18ClN5O2S/c1-16-7-9-17(10-8-16)22-21(15-26)23(27-19-13-11-18(25)12-14-19)29-24(28-22)30-33(31,32)20-5-3-2-4-6-20/h2-14H,1H3,(H2,27,28,29,30). The van der Waals surface area contributed by atoms with Crippen LogP contribution in [0.15, 0.2) is 83.8 Å². The highest BCUT2D eigenvalue weighted by molar-refractivity contribution is 7.92. The SMILES string of the molecule is Cc1ccc(-c2nc(NS(=O)(=O)c3ccccc3)nc(Nc3ccc(Cl)cc3)c2C#N)cc1. The van der Waals surface area contributed by atoms with Crippen molar-refractivity contribution in [2.75, 3.05) is 10.0 Å². The number of benzene rings is 3. The summed E-state index contributed by atoms with van der Waals surface area (Å²) in [4.78, 5) is 8.76. The van der Waals surface area contributed by atoms with E-state index in [1.807, 2.05) is 31.2 Å². The number of aromatic nitrogens is 2. The van der Waals surface area contributed by atoms with Crippen molar-refractivity contribution in [2.45, 2.75) is 11.8 Å². The van der Waals surface area contributed by atoms with Crippen LogP contribution in [0.5, 0.6) is 0 Å². The number of halogens is 1. The molecule has 4 aromatic rings. The number of hydrogen-bond donors (Lipinski definition) is 2. The van der Waals surface area contributed by atoms with Gasteiger partial charge in [-0.1, -0.05) is 59.6 Å². The van der Waals surface area contributed by atoms with E-state index >= 15 is 0 Å². The third-order valence-corrected chi connectivity index (χ3v) is 6.33. The number of hydrogen-bond acceptors (Lipinski definition) is 6. The lowest BCUT2D eigenvalue weighted by atomic mass is 10.1. The first-order chi connectivity index (χ1) is 15.9. The monoisotopic (exact) mass is 475 g/mol. The number of sulfonamides is 1. The van der Waals surface area contributed by atoms with Gasteiger partial charge < -0.3 is 5.32 Å². The Morgan fingerprint density at radius 2 is 1.58 bits per heavy atom. The van der Waals surface area contributed by atoms with Gasteiger partial charge >= 0.3 is 0 Å². The summed E-state index contributed by atoms with van der Waals surface area (Å²) in [5, 5.41) is 13.5. The highest BCUT2D eigenvalue weighted by Gasteiger charge is 2.21. The fourth-order valence-corrected chi connectivity index (χ4v) is 4.16. The molecule has 33 heavy (non-hydrogen) atoms. The Kier molecular flexibility index (Phi) is 6.27. The first-order valence-corrected chi connectivity index (χ1v) is 11.7. The minimum absolute atomic E-state index is 0.0713. The van der Waals surface area contributed by atoms with E-state index in [0.29, 0.717) is 22.0 Å². The molecule has 0 aliphatic rings. The van der Waals surface area contributed by atoms with Crippen LogP contribution < -0.4 is 10.0 Å². The summed E-state index contributed by atoms with van der Waals surface area (Å²) in [6.45, 7) is 1.95. The Bertz CT molecular complexity index is 1430. The molecule has 4 rings (SSSR count). The summed E-state index contributed by atoms with van der Waals surface area (Å²) in [6, 6.07) is 24.3. The van der Waals surface area contributed by atoms with Crippen molar-refractivity contribution < 1.29 is 8.42 Å². The van der Waals surface area contributed by atoms with E-state index in [2.05, 4.69) is 26.1 Å². The quantitative estimate of drug-likeness (QED) is 0.380. The highest BCUT2D eigenvalue weighted by Crippen LogP contribution is 2.30. The molecule has 0 spiro atoms. The molecule has 0 saturated heterocycles. The van der Waals surface area contributed by atoms with Crippen LogP contribution in [0.3, 0.4) is 0 Å². The Morgan fingerprint density at radius 3 is 2.21 bits per heavy atom. The van der Waals surface area contributed by atoms with Crippen molar-refractivity contribution in [3.63, 3.8) is 0 Å². The van der Waals surface area contributed by atoms with Gasteiger partial charge in [-0.15, -0.1) is 0 Å². The molecule has 1 heterocycles. The summed E-state index contributed by atoms with van der Waals surface area (Å²) in [5.41, 5.74) is 2.79. The van der Waals surface area contributed by atoms with Crippen LogP contribution in [0.4, 0.5) is 17.5 Å². The summed E-state index contributed by atoms with van der Waals surface area (Å²) in [6.07, 6.45) is 0. The Hall–Kier alpha value is -3.93. The van der Waals surface area contributed by atoms with Crippen LogP contribution in [0.2, 0.25) is 5.02 Å². The van der Waals surface area contributed by atoms with E-state index in [0.717, 1.165) is 5.56 Å². The smallest absolute Gasteiger partial charge is 0.264 e. The maximum absolute atomic E-state index is 12.9. The predicted molar refractivity (Wildman–Crippen MR) is 129 cm³/mol. The van der Waals surface area contributed by atoms with Crippen molar-refractivity contribution in [3.8, 4) is 17.3 Å². The average molecular weight is 476 g/mol. The summed E-state index contributed by atoms with van der Waals surface area (Å²) >= 11 is 5.96. The fraction of sp³-hybridized carbons (Fsp3) is 0.0417.